The first-order chi connectivity index (χ1) is 15.0. The van der Waals surface area contributed by atoms with Crippen LogP contribution < -0.4 is 5.73 Å². The van der Waals surface area contributed by atoms with Crippen molar-refractivity contribution in [3.05, 3.63) is 65.1 Å². The largest absolute Gasteiger partial charge is 0.364 e. The number of carbonyl (C=O) groups excluding carboxylic acids is 2. The van der Waals surface area contributed by atoms with Crippen molar-refractivity contribution in [2.75, 3.05) is 32.7 Å². The van der Waals surface area contributed by atoms with Crippen molar-refractivity contribution in [2.24, 2.45) is 17.6 Å². The van der Waals surface area contributed by atoms with Gasteiger partial charge in [-0.25, -0.2) is 9.97 Å². The number of aryl methyl sites for hydroxylation is 1. The summed E-state index contributed by atoms with van der Waals surface area (Å²) in [5.41, 5.74) is 7.84. The zero-order valence-corrected chi connectivity index (χ0v) is 17.5. The number of rotatable bonds is 6. The van der Waals surface area contributed by atoms with Crippen LogP contribution in [0.5, 0.6) is 0 Å². The van der Waals surface area contributed by atoms with Gasteiger partial charge in [-0.05, 0) is 55.8 Å². The van der Waals surface area contributed by atoms with Crippen molar-refractivity contribution >= 4 is 11.8 Å². The standard InChI is InChI=1S/C23H25N6O2/c1-15-20(21(22(25)30)27-14-26-15)23(31)29-12-18-10-28(11-19(18)13-29)7-3-6-16-4-2-5-17(8-16)9-24/h2,4-6,8,14,18-19H,3,7,10-13H2,1H3,(H2,25,30)/t18-,19?/m0/s1. The predicted molar refractivity (Wildman–Crippen MR) is 114 cm³/mol. The van der Waals surface area contributed by atoms with E-state index in [1.54, 1.807) is 6.92 Å². The molecule has 2 saturated heterocycles. The fourth-order valence-electron chi connectivity index (χ4n) is 4.66. The second-order valence-electron chi connectivity index (χ2n) is 8.27. The van der Waals surface area contributed by atoms with Gasteiger partial charge in [0.2, 0.25) is 0 Å². The van der Waals surface area contributed by atoms with Gasteiger partial charge in [-0.2, -0.15) is 5.26 Å². The lowest BCUT2D eigenvalue weighted by molar-refractivity contribution is 0.0766. The molecule has 2 atom stereocenters. The molecule has 31 heavy (non-hydrogen) atoms. The molecule has 4 rings (SSSR count). The Morgan fingerprint density at radius 1 is 1.23 bits per heavy atom. The summed E-state index contributed by atoms with van der Waals surface area (Å²) < 4.78 is 0. The van der Waals surface area contributed by atoms with Gasteiger partial charge < -0.3 is 15.5 Å². The van der Waals surface area contributed by atoms with Gasteiger partial charge in [-0.3, -0.25) is 9.59 Å². The SMILES string of the molecule is Cc1ncnc(C(N)=O)c1C(=O)N1CC2CN(CC[CH]c3cccc(C#N)c3)C[C@H]2C1. The van der Waals surface area contributed by atoms with Gasteiger partial charge in [0.15, 0.2) is 0 Å². The smallest absolute Gasteiger partial charge is 0.268 e. The number of carbonyl (C=O) groups is 2. The van der Waals surface area contributed by atoms with E-state index in [2.05, 4.69) is 27.4 Å². The van der Waals surface area contributed by atoms with E-state index >= 15 is 0 Å². The van der Waals surface area contributed by atoms with Gasteiger partial charge >= 0.3 is 0 Å². The maximum Gasteiger partial charge on any atom is 0.268 e. The zero-order chi connectivity index (χ0) is 22.0. The van der Waals surface area contributed by atoms with Gasteiger partial charge in [0.05, 0.1) is 22.9 Å². The Morgan fingerprint density at radius 3 is 2.65 bits per heavy atom. The number of nitrogens with two attached hydrogens (primary N) is 1. The minimum Gasteiger partial charge on any atom is -0.364 e. The second-order valence-corrected chi connectivity index (χ2v) is 8.27. The Hall–Kier alpha value is -3.31. The van der Waals surface area contributed by atoms with E-state index < -0.39 is 5.91 Å². The molecule has 1 radical (unpaired) electrons. The third-order valence-electron chi connectivity index (χ3n) is 6.17. The summed E-state index contributed by atoms with van der Waals surface area (Å²) >= 11 is 0. The number of likely N-dealkylation sites (tertiary alicyclic amines) is 2. The summed E-state index contributed by atoms with van der Waals surface area (Å²) in [5, 5.41) is 9.01. The van der Waals surface area contributed by atoms with Crippen LogP contribution in [0.25, 0.3) is 0 Å². The molecule has 2 aromatic rings. The average molecular weight is 417 g/mol. The number of hydrogen-bond donors (Lipinski definition) is 1. The Bertz CT molecular complexity index is 1030. The molecule has 0 saturated carbocycles. The van der Waals surface area contributed by atoms with Crippen LogP contribution >= 0.6 is 0 Å². The van der Waals surface area contributed by atoms with Crippen LogP contribution in [0.15, 0.2) is 30.6 Å². The van der Waals surface area contributed by atoms with Crippen molar-refractivity contribution in [2.45, 2.75) is 13.3 Å². The summed E-state index contributed by atoms with van der Waals surface area (Å²) in [6.07, 6.45) is 4.34. The molecular weight excluding hydrogens is 392 g/mol. The molecule has 1 aromatic carbocycles. The van der Waals surface area contributed by atoms with Crippen LogP contribution in [0.3, 0.4) is 0 Å². The lowest BCUT2D eigenvalue weighted by Gasteiger charge is -2.22. The molecule has 2 N–H and O–H groups in total. The highest BCUT2D eigenvalue weighted by Gasteiger charge is 2.42. The topological polar surface area (TPSA) is 116 Å². The maximum absolute atomic E-state index is 13.1. The molecule has 1 aromatic heterocycles. The van der Waals surface area contributed by atoms with E-state index in [0.29, 0.717) is 36.2 Å². The quantitative estimate of drug-likeness (QED) is 0.759. The van der Waals surface area contributed by atoms with E-state index in [9.17, 15) is 9.59 Å². The number of aromatic nitrogens is 2. The number of primary amides is 1. The number of nitrogens with zero attached hydrogens (tertiary/aromatic N) is 5. The lowest BCUT2D eigenvalue weighted by Crippen LogP contribution is -2.35. The molecule has 2 aliphatic heterocycles. The zero-order valence-electron chi connectivity index (χ0n) is 17.5. The molecule has 2 fully saturated rings. The summed E-state index contributed by atoms with van der Waals surface area (Å²) in [6.45, 7) is 5.89. The number of amides is 2. The number of nitriles is 1. The molecule has 1 unspecified atom stereocenters. The summed E-state index contributed by atoms with van der Waals surface area (Å²) in [6, 6.07) is 9.79. The first kappa shape index (κ1) is 20.9. The molecule has 0 bridgehead atoms. The van der Waals surface area contributed by atoms with Crippen LogP contribution in [-0.2, 0) is 0 Å². The minimum absolute atomic E-state index is 0.00723. The van der Waals surface area contributed by atoms with Crippen molar-refractivity contribution in [3.8, 4) is 6.07 Å². The van der Waals surface area contributed by atoms with Crippen molar-refractivity contribution in [1.29, 1.82) is 5.26 Å². The molecule has 159 valence electrons. The lowest BCUT2D eigenvalue weighted by atomic mass is 10.0. The molecule has 8 heteroatoms. The molecule has 2 amide bonds. The highest BCUT2D eigenvalue weighted by atomic mass is 16.2. The molecule has 0 spiro atoms. The molecule has 8 nitrogen and oxygen atoms in total. The third kappa shape index (κ3) is 4.42. The number of benzene rings is 1. The summed E-state index contributed by atoms with van der Waals surface area (Å²) in [4.78, 5) is 37.0. The average Bonchev–Trinajstić information content (AvgIpc) is 3.32. The van der Waals surface area contributed by atoms with Crippen molar-refractivity contribution in [3.63, 3.8) is 0 Å². The van der Waals surface area contributed by atoms with Gasteiger partial charge in [-0.1, -0.05) is 12.1 Å². The van der Waals surface area contributed by atoms with Gasteiger partial charge in [0.1, 0.15) is 12.0 Å². The Balaban J connectivity index is 1.31. The third-order valence-corrected chi connectivity index (χ3v) is 6.17. The first-order valence-electron chi connectivity index (χ1n) is 10.4. The molecule has 2 aliphatic rings. The Kier molecular flexibility index (Phi) is 5.96. The molecule has 0 aliphatic carbocycles. The number of fused-ring (bicyclic) bond motifs is 1. The van der Waals surface area contributed by atoms with Gasteiger partial charge in [0, 0.05) is 26.2 Å². The maximum atomic E-state index is 13.1. The van der Waals surface area contributed by atoms with Crippen LogP contribution in [-0.4, -0.2) is 64.3 Å². The van der Waals surface area contributed by atoms with Crippen LogP contribution in [0.4, 0.5) is 0 Å². The minimum atomic E-state index is -0.712. The van der Waals surface area contributed by atoms with E-state index in [1.165, 1.54) is 6.33 Å². The fraction of sp³-hybridized carbons (Fsp3) is 0.391. The second kappa shape index (κ2) is 8.82. The monoisotopic (exact) mass is 417 g/mol. The van der Waals surface area contributed by atoms with E-state index in [1.807, 2.05) is 29.2 Å². The van der Waals surface area contributed by atoms with Crippen molar-refractivity contribution < 1.29 is 9.59 Å². The Morgan fingerprint density at radius 2 is 1.97 bits per heavy atom. The van der Waals surface area contributed by atoms with Crippen LogP contribution in [0, 0.1) is 36.5 Å². The van der Waals surface area contributed by atoms with Crippen LogP contribution in [0.2, 0.25) is 0 Å². The van der Waals surface area contributed by atoms with Gasteiger partial charge in [0.25, 0.3) is 11.8 Å². The Labute approximate surface area is 181 Å². The van der Waals surface area contributed by atoms with E-state index in [0.717, 1.165) is 31.6 Å². The fourth-order valence-corrected chi connectivity index (χ4v) is 4.66. The highest BCUT2D eigenvalue weighted by Crippen LogP contribution is 2.32. The summed E-state index contributed by atoms with van der Waals surface area (Å²) in [5.74, 6) is -0.0739. The normalized spacial score (nSPS) is 20.5. The van der Waals surface area contributed by atoms with Crippen molar-refractivity contribution in [1.82, 2.24) is 19.8 Å². The van der Waals surface area contributed by atoms with E-state index in [-0.39, 0.29) is 17.2 Å². The highest BCUT2D eigenvalue weighted by molar-refractivity contribution is 6.06. The molecular formula is C23H25N6O2. The summed E-state index contributed by atoms with van der Waals surface area (Å²) in [7, 11) is 0. The van der Waals surface area contributed by atoms with Gasteiger partial charge in [-0.15, -0.1) is 0 Å². The number of hydrogen-bond acceptors (Lipinski definition) is 6. The van der Waals surface area contributed by atoms with E-state index in [4.69, 9.17) is 11.0 Å². The van der Waals surface area contributed by atoms with Crippen LogP contribution in [0.1, 0.15) is 44.1 Å². The first-order valence-corrected chi connectivity index (χ1v) is 10.4. The molecule has 3 heterocycles. The predicted octanol–water partition coefficient (Wildman–Crippen LogP) is 1.40.